The summed E-state index contributed by atoms with van der Waals surface area (Å²) in [5.74, 6) is 0.255. The van der Waals surface area contributed by atoms with Gasteiger partial charge in [0.2, 0.25) is 11.8 Å². The monoisotopic (exact) mass is 381 g/mol. The Kier molecular flexibility index (Phi) is 6.31. The van der Waals surface area contributed by atoms with E-state index in [-0.39, 0.29) is 23.8 Å². The molecule has 1 aliphatic rings. The number of urea groups is 1. The average Bonchev–Trinajstić information content (AvgIpc) is 3.01. The summed E-state index contributed by atoms with van der Waals surface area (Å²) in [6, 6.07) is 8.21. The van der Waals surface area contributed by atoms with Crippen LogP contribution in [0, 0.1) is 11.3 Å². The predicted molar refractivity (Wildman–Crippen MR) is 104 cm³/mol. The second-order valence-electron chi connectivity index (χ2n) is 6.76. The number of rotatable bonds is 3. The van der Waals surface area contributed by atoms with Gasteiger partial charge in [-0.1, -0.05) is 34.6 Å². The van der Waals surface area contributed by atoms with Crippen LogP contribution in [0.15, 0.2) is 30.5 Å². The number of amides is 3. The lowest BCUT2D eigenvalue weighted by molar-refractivity contribution is -0.115. The number of carbonyl (C=O) groups is 2. The minimum Gasteiger partial charge on any atom is -0.439 e. The zero-order chi connectivity index (χ0) is 20.9. The number of ether oxygens (including phenoxy) is 1. The summed E-state index contributed by atoms with van der Waals surface area (Å²) in [6.45, 7) is 9.94. The van der Waals surface area contributed by atoms with E-state index in [9.17, 15) is 9.59 Å². The zero-order valence-electron chi connectivity index (χ0n) is 16.6. The Morgan fingerprint density at radius 3 is 2.50 bits per heavy atom. The standard InChI is InChI=1S/C18H17N5O3.C2H6/c1-18(2,3)12-8-11(9-19)4-5-13(12)26-14-6-7-20-16(22-14)23-15(24)10-21-17(23)25;1-2/h4-8H,10H2,1-3H3,(H,21,25);1-2H3. The van der Waals surface area contributed by atoms with Gasteiger partial charge in [0, 0.05) is 17.8 Å². The van der Waals surface area contributed by atoms with Gasteiger partial charge in [-0.2, -0.15) is 15.1 Å². The molecule has 2 aromatic rings. The molecule has 1 fully saturated rings. The molecule has 0 spiro atoms. The van der Waals surface area contributed by atoms with Gasteiger partial charge in [0.05, 0.1) is 18.2 Å². The predicted octanol–water partition coefficient (Wildman–Crippen LogP) is 3.52. The van der Waals surface area contributed by atoms with E-state index in [4.69, 9.17) is 10.00 Å². The summed E-state index contributed by atoms with van der Waals surface area (Å²) in [5, 5.41) is 11.5. The Morgan fingerprint density at radius 2 is 1.93 bits per heavy atom. The van der Waals surface area contributed by atoms with Crippen LogP contribution in [0.3, 0.4) is 0 Å². The first-order valence-corrected chi connectivity index (χ1v) is 8.96. The van der Waals surface area contributed by atoms with E-state index in [1.165, 1.54) is 12.3 Å². The molecule has 3 rings (SSSR count). The minimum absolute atomic E-state index is 0.0477. The fraction of sp³-hybridized carbons (Fsp3) is 0.350. The highest BCUT2D eigenvalue weighted by Gasteiger charge is 2.32. The lowest BCUT2D eigenvalue weighted by Gasteiger charge is -2.22. The molecule has 8 nitrogen and oxygen atoms in total. The van der Waals surface area contributed by atoms with Crippen molar-refractivity contribution in [3.63, 3.8) is 0 Å². The van der Waals surface area contributed by atoms with Crippen LogP contribution >= 0.6 is 0 Å². The number of nitrogens with one attached hydrogen (secondary N) is 1. The summed E-state index contributed by atoms with van der Waals surface area (Å²) in [6.07, 6.45) is 1.41. The van der Waals surface area contributed by atoms with Crippen molar-refractivity contribution >= 4 is 17.9 Å². The molecule has 1 aromatic heterocycles. The number of nitriles is 1. The molecule has 0 saturated carbocycles. The number of imide groups is 1. The van der Waals surface area contributed by atoms with Gasteiger partial charge in [0.1, 0.15) is 5.75 Å². The van der Waals surface area contributed by atoms with Crippen molar-refractivity contribution in [3.05, 3.63) is 41.6 Å². The van der Waals surface area contributed by atoms with Crippen LogP contribution in [0.4, 0.5) is 10.7 Å². The Bertz CT molecular complexity index is 912. The maximum atomic E-state index is 11.8. The van der Waals surface area contributed by atoms with Gasteiger partial charge < -0.3 is 10.1 Å². The fourth-order valence-corrected chi connectivity index (χ4v) is 2.51. The topological polar surface area (TPSA) is 108 Å². The zero-order valence-corrected chi connectivity index (χ0v) is 16.6. The third-order valence-corrected chi connectivity index (χ3v) is 3.79. The number of anilines is 1. The van der Waals surface area contributed by atoms with Gasteiger partial charge >= 0.3 is 6.03 Å². The molecule has 8 heteroatoms. The maximum absolute atomic E-state index is 11.8. The van der Waals surface area contributed by atoms with E-state index >= 15 is 0 Å². The molecule has 0 bridgehead atoms. The van der Waals surface area contributed by atoms with Crippen molar-refractivity contribution < 1.29 is 14.3 Å². The van der Waals surface area contributed by atoms with Crippen LogP contribution in [0.2, 0.25) is 0 Å². The molecule has 0 radical (unpaired) electrons. The molecule has 28 heavy (non-hydrogen) atoms. The second-order valence-corrected chi connectivity index (χ2v) is 6.76. The van der Waals surface area contributed by atoms with Crippen LogP contribution in [0.5, 0.6) is 11.6 Å². The summed E-state index contributed by atoms with van der Waals surface area (Å²) < 4.78 is 5.88. The normalized spacial score (nSPS) is 13.4. The number of aromatic nitrogens is 2. The Morgan fingerprint density at radius 1 is 1.21 bits per heavy atom. The van der Waals surface area contributed by atoms with Crippen LogP contribution in [0.1, 0.15) is 45.7 Å². The molecule has 1 saturated heterocycles. The second kappa shape index (κ2) is 8.48. The highest BCUT2D eigenvalue weighted by Crippen LogP contribution is 2.34. The molecule has 3 amide bonds. The van der Waals surface area contributed by atoms with Crippen LogP contribution in [-0.4, -0.2) is 28.5 Å². The minimum atomic E-state index is -0.569. The first kappa shape index (κ1) is 20.8. The molecule has 1 N–H and O–H groups in total. The van der Waals surface area contributed by atoms with Crippen LogP contribution < -0.4 is 15.0 Å². The molecule has 1 aliphatic heterocycles. The number of hydrogen-bond donors (Lipinski definition) is 1. The summed E-state index contributed by atoms with van der Waals surface area (Å²) in [5.41, 5.74) is 1.11. The summed E-state index contributed by atoms with van der Waals surface area (Å²) in [7, 11) is 0. The van der Waals surface area contributed by atoms with E-state index in [2.05, 4.69) is 21.4 Å². The molecule has 0 unspecified atom stereocenters. The van der Waals surface area contributed by atoms with Crippen molar-refractivity contribution in [2.75, 3.05) is 11.4 Å². The van der Waals surface area contributed by atoms with Gasteiger partial charge in [-0.15, -0.1) is 0 Å². The van der Waals surface area contributed by atoms with E-state index in [0.717, 1.165) is 10.5 Å². The molecular formula is C20H23N5O3. The van der Waals surface area contributed by atoms with Crippen LogP contribution in [0.25, 0.3) is 0 Å². The lowest BCUT2D eigenvalue weighted by Crippen LogP contribution is -2.32. The fourth-order valence-electron chi connectivity index (χ4n) is 2.51. The van der Waals surface area contributed by atoms with Crippen molar-refractivity contribution in [1.29, 1.82) is 5.26 Å². The molecule has 2 heterocycles. The van der Waals surface area contributed by atoms with E-state index in [0.29, 0.717) is 11.3 Å². The molecule has 1 aromatic carbocycles. The van der Waals surface area contributed by atoms with Crippen molar-refractivity contribution in [3.8, 4) is 17.7 Å². The number of benzene rings is 1. The molecule has 146 valence electrons. The highest BCUT2D eigenvalue weighted by molar-refractivity contribution is 6.18. The molecular weight excluding hydrogens is 358 g/mol. The third kappa shape index (κ3) is 4.43. The highest BCUT2D eigenvalue weighted by atomic mass is 16.5. The number of hydrogen-bond acceptors (Lipinski definition) is 6. The summed E-state index contributed by atoms with van der Waals surface area (Å²) >= 11 is 0. The lowest BCUT2D eigenvalue weighted by atomic mass is 9.85. The van der Waals surface area contributed by atoms with E-state index in [1.54, 1.807) is 18.2 Å². The van der Waals surface area contributed by atoms with Gasteiger partial charge in [-0.25, -0.2) is 9.78 Å². The first-order valence-electron chi connectivity index (χ1n) is 8.96. The largest absolute Gasteiger partial charge is 0.439 e. The molecule has 0 aliphatic carbocycles. The van der Waals surface area contributed by atoms with Gasteiger partial charge in [-0.3, -0.25) is 4.79 Å². The number of nitrogens with zero attached hydrogens (tertiary/aromatic N) is 4. The Hall–Kier alpha value is -3.47. The number of carbonyl (C=O) groups excluding carboxylic acids is 2. The quantitative estimate of drug-likeness (QED) is 0.815. The van der Waals surface area contributed by atoms with Crippen molar-refractivity contribution in [2.45, 2.75) is 40.0 Å². The van der Waals surface area contributed by atoms with Gasteiger partial charge in [0.15, 0.2) is 0 Å². The van der Waals surface area contributed by atoms with E-state index in [1.807, 2.05) is 34.6 Å². The van der Waals surface area contributed by atoms with E-state index < -0.39 is 11.9 Å². The Balaban J connectivity index is 0.00000136. The van der Waals surface area contributed by atoms with Gasteiger partial charge in [0.25, 0.3) is 5.91 Å². The average molecular weight is 381 g/mol. The van der Waals surface area contributed by atoms with Crippen molar-refractivity contribution in [2.24, 2.45) is 0 Å². The first-order chi connectivity index (χ1) is 13.3. The third-order valence-electron chi connectivity index (χ3n) is 3.79. The van der Waals surface area contributed by atoms with Crippen molar-refractivity contribution in [1.82, 2.24) is 15.3 Å². The molecule has 0 atom stereocenters. The Labute approximate surface area is 164 Å². The summed E-state index contributed by atoms with van der Waals surface area (Å²) in [4.78, 5) is 32.6. The SMILES string of the molecule is CC.CC(C)(C)c1cc(C#N)ccc1Oc1ccnc(N2C(=O)CNC2=O)n1. The van der Waals surface area contributed by atoms with Gasteiger partial charge in [-0.05, 0) is 23.6 Å². The van der Waals surface area contributed by atoms with Crippen LogP contribution in [-0.2, 0) is 10.2 Å². The smallest absolute Gasteiger partial charge is 0.331 e. The maximum Gasteiger partial charge on any atom is 0.331 e.